The molecule has 1 fully saturated rings. The summed E-state index contributed by atoms with van der Waals surface area (Å²) in [5.74, 6) is 0.317. The number of anilines is 1. The SMILES string of the molecule is COCc1cc(C(=O)Nc2cc(C3CCC(C)(OC(=O)NC(C)C)C3)[nH]n2)n(C)n1. The van der Waals surface area contributed by atoms with Crippen LogP contribution in [0.3, 0.4) is 0 Å². The van der Waals surface area contributed by atoms with Gasteiger partial charge in [0.25, 0.3) is 5.91 Å². The number of aromatic amines is 1. The van der Waals surface area contributed by atoms with Crippen molar-refractivity contribution in [2.75, 3.05) is 12.4 Å². The monoisotopic (exact) mass is 418 g/mol. The van der Waals surface area contributed by atoms with E-state index in [9.17, 15) is 9.59 Å². The van der Waals surface area contributed by atoms with Gasteiger partial charge in [-0.1, -0.05) is 0 Å². The van der Waals surface area contributed by atoms with Gasteiger partial charge in [-0.15, -0.1) is 0 Å². The third-order valence-electron chi connectivity index (χ3n) is 5.18. The summed E-state index contributed by atoms with van der Waals surface area (Å²) >= 11 is 0. The van der Waals surface area contributed by atoms with E-state index in [1.165, 1.54) is 4.68 Å². The first-order chi connectivity index (χ1) is 14.2. The van der Waals surface area contributed by atoms with Crippen LogP contribution in [0.4, 0.5) is 10.6 Å². The molecule has 1 saturated carbocycles. The van der Waals surface area contributed by atoms with Crippen molar-refractivity contribution in [2.24, 2.45) is 7.05 Å². The first-order valence-electron chi connectivity index (χ1n) is 10.1. The molecule has 30 heavy (non-hydrogen) atoms. The minimum Gasteiger partial charge on any atom is -0.443 e. The zero-order valence-electron chi connectivity index (χ0n) is 18.1. The lowest BCUT2D eigenvalue weighted by molar-refractivity contribution is 0.0280. The normalized spacial score (nSPS) is 21.1. The summed E-state index contributed by atoms with van der Waals surface area (Å²) in [4.78, 5) is 24.5. The first kappa shape index (κ1) is 21.8. The molecule has 2 aromatic heterocycles. The maximum atomic E-state index is 12.6. The largest absolute Gasteiger partial charge is 0.443 e. The van der Waals surface area contributed by atoms with Crippen molar-refractivity contribution in [1.82, 2.24) is 25.3 Å². The highest BCUT2D eigenvalue weighted by atomic mass is 16.6. The summed E-state index contributed by atoms with van der Waals surface area (Å²) in [6.45, 7) is 6.08. The molecule has 0 aromatic carbocycles. The Morgan fingerprint density at radius 2 is 2.17 bits per heavy atom. The highest BCUT2D eigenvalue weighted by Gasteiger charge is 2.40. The van der Waals surface area contributed by atoms with Crippen molar-refractivity contribution < 1.29 is 19.1 Å². The summed E-state index contributed by atoms with van der Waals surface area (Å²) < 4.78 is 12.2. The molecular formula is C20H30N6O4. The minimum absolute atomic E-state index is 0.0297. The lowest BCUT2D eigenvalue weighted by atomic mass is 10.00. The van der Waals surface area contributed by atoms with Crippen molar-refractivity contribution >= 4 is 17.8 Å². The lowest BCUT2D eigenvalue weighted by Gasteiger charge is -2.25. The quantitative estimate of drug-likeness (QED) is 0.635. The van der Waals surface area contributed by atoms with Gasteiger partial charge in [-0.05, 0) is 46.1 Å². The molecular weight excluding hydrogens is 388 g/mol. The number of aromatic nitrogens is 4. The number of hydrogen-bond acceptors (Lipinski definition) is 6. The number of methoxy groups -OCH3 is 1. The Morgan fingerprint density at radius 1 is 1.40 bits per heavy atom. The van der Waals surface area contributed by atoms with Gasteiger partial charge in [-0.25, -0.2) is 4.79 Å². The van der Waals surface area contributed by atoms with E-state index in [2.05, 4.69) is 25.9 Å². The average molecular weight is 418 g/mol. The number of rotatable bonds is 7. The van der Waals surface area contributed by atoms with Crippen LogP contribution in [0.15, 0.2) is 12.1 Å². The van der Waals surface area contributed by atoms with Crippen LogP contribution in [-0.2, 0) is 23.1 Å². The fourth-order valence-electron chi connectivity index (χ4n) is 3.80. The first-order valence-corrected chi connectivity index (χ1v) is 10.1. The predicted octanol–water partition coefficient (Wildman–Crippen LogP) is 2.70. The Balaban J connectivity index is 1.60. The van der Waals surface area contributed by atoms with Crippen molar-refractivity contribution in [1.29, 1.82) is 0 Å². The summed E-state index contributed by atoms with van der Waals surface area (Å²) in [6.07, 6.45) is 1.93. The smallest absolute Gasteiger partial charge is 0.407 e. The van der Waals surface area contributed by atoms with Crippen LogP contribution >= 0.6 is 0 Å². The maximum absolute atomic E-state index is 12.6. The minimum atomic E-state index is -0.523. The van der Waals surface area contributed by atoms with Crippen LogP contribution in [0.2, 0.25) is 0 Å². The Bertz CT molecular complexity index is 905. The van der Waals surface area contributed by atoms with E-state index in [-0.39, 0.29) is 17.9 Å². The van der Waals surface area contributed by atoms with Gasteiger partial charge in [-0.3, -0.25) is 14.6 Å². The zero-order chi connectivity index (χ0) is 21.9. The molecule has 2 heterocycles. The number of hydrogen-bond donors (Lipinski definition) is 3. The Labute approximate surface area is 175 Å². The average Bonchev–Trinajstić information content (AvgIpc) is 3.33. The topological polar surface area (TPSA) is 123 Å². The molecule has 2 unspecified atom stereocenters. The van der Waals surface area contributed by atoms with Crippen molar-refractivity contribution in [3.05, 3.63) is 29.2 Å². The number of alkyl carbamates (subject to hydrolysis) is 1. The number of carbonyl (C=O) groups excluding carboxylic acids is 2. The van der Waals surface area contributed by atoms with E-state index in [0.717, 1.165) is 18.5 Å². The highest BCUT2D eigenvalue weighted by molar-refractivity contribution is 6.02. The Kier molecular flexibility index (Phi) is 6.45. The third-order valence-corrected chi connectivity index (χ3v) is 5.18. The molecule has 1 aliphatic rings. The van der Waals surface area contributed by atoms with E-state index in [4.69, 9.17) is 9.47 Å². The summed E-state index contributed by atoms with van der Waals surface area (Å²) in [7, 11) is 3.29. The number of aryl methyl sites for hydroxylation is 1. The molecule has 10 nitrogen and oxygen atoms in total. The standard InChI is InChI=1S/C20H30N6O4/c1-12(2)21-19(28)30-20(3)7-6-13(10-20)15-9-17(24-23-15)22-18(27)16-8-14(11-29-5)25-26(16)4/h8-9,12-13H,6-7,10-11H2,1-5H3,(H,21,28)(H2,22,23,24,27). The van der Waals surface area contributed by atoms with Gasteiger partial charge >= 0.3 is 6.09 Å². The Morgan fingerprint density at radius 3 is 2.87 bits per heavy atom. The van der Waals surface area contributed by atoms with Crippen molar-refractivity contribution in [2.45, 2.75) is 64.2 Å². The van der Waals surface area contributed by atoms with Gasteiger partial charge in [0.05, 0.1) is 12.3 Å². The van der Waals surface area contributed by atoms with Gasteiger partial charge in [0.1, 0.15) is 11.3 Å². The molecule has 2 amide bonds. The van der Waals surface area contributed by atoms with Crippen LogP contribution in [0.25, 0.3) is 0 Å². The number of carbonyl (C=O) groups is 2. The molecule has 164 valence electrons. The molecule has 2 atom stereocenters. The van der Waals surface area contributed by atoms with E-state index in [1.54, 1.807) is 20.2 Å². The molecule has 10 heteroatoms. The zero-order valence-corrected chi connectivity index (χ0v) is 18.1. The van der Waals surface area contributed by atoms with E-state index < -0.39 is 11.7 Å². The number of amides is 2. The van der Waals surface area contributed by atoms with E-state index in [1.807, 2.05) is 26.8 Å². The number of nitrogens with one attached hydrogen (secondary N) is 3. The van der Waals surface area contributed by atoms with Gasteiger partial charge in [0, 0.05) is 37.9 Å². The van der Waals surface area contributed by atoms with Crippen LogP contribution in [0, 0.1) is 0 Å². The number of nitrogens with zero attached hydrogens (tertiary/aromatic N) is 3. The number of ether oxygens (including phenoxy) is 2. The van der Waals surface area contributed by atoms with Crippen molar-refractivity contribution in [3.63, 3.8) is 0 Å². The fraction of sp³-hybridized carbons (Fsp3) is 0.600. The van der Waals surface area contributed by atoms with E-state index in [0.29, 0.717) is 30.2 Å². The van der Waals surface area contributed by atoms with Gasteiger partial charge in [0.15, 0.2) is 5.82 Å². The molecule has 3 N–H and O–H groups in total. The Hall–Kier alpha value is -2.88. The van der Waals surface area contributed by atoms with E-state index >= 15 is 0 Å². The fourth-order valence-corrected chi connectivity index (χ4v) is 3.80. The van der Waals surface area contributed by atoms with Gasteiger partial charge < -0.3 is 20.1 Å². The molecule has 2 aromatic rings. The highest BCUT2D eigenvalue weighted by Crippen LogP contribution is 2.42. The lowest BCUT2D eigenvalue weighted by Crippen LogP contribution is -2.38. The van der Waals surface area contributed by atoms with Crippen molar-refractivity contribution in [3.8, 4) is 0 Å². The molecule has 0 aliphatic heterocycles. The molecule has 0 saturated heterocycles. The van der Waals surface area contributed by atoms with Gasteiger partial charge in [0.2, 0.25) is 0 Å². The summed E-state index contributed by atoms with van der Waals surface area (Å²) in [5.41, 5.74) is 1.49. The van der Waals surface area contributed by atoms with Crippen LogP contribution in [-0.4, -0.2) is 50.7 Å². The predicted molar refractivity (Wildman–Crippen MR) is 110 cm³/mol. The molecule has 0 bridgehead atoms. The van der Waals surface area contributed by atoms with Gasteiger partial charge in [-0.2, -0.15) is 10.2 Å². The summed E-state index contributed by atoms with van der Waals surface area (Å²) in [5, 5.41) is 17.0. The molecule has 0 spiro atoms. The molecule has 1 aliphatic carbocycles. The van der Waals surface area contributed by atoms with Crippen LogP contribution < -0.4 is 10.6 Å². The second kappa shape index (κ2) is 8.86. The molecule has 3 rings (SSSR count). The second-order valence-corrected chi connectivity index (χ2v) is 8.32. The second-order valence-electron chi connectivity index (χ2n) is 8.32. The maximum Gasteiger partial charge on any atom is 0.407 e. The van der Waals surface area contributed by atoms with Crippen LogP contribution in [0.1, 0.15) is 67.8 Å². The number of H-pyrrole nitrogens is 1. The molecule has 0 radical (unpaired) electrons. The third kappa shape index (κ3) is 5.18. The van der Waals surface area contributed by atoms with Crippen LogP contribution in [0.5, 0.6) is 0 Å². The summed E-state index contributed by atoms with van der Waals surface area (Å²) in [6, 6.07) is 3.55.